The number of benzene rings is 1. The van der Waals surface area contributed by atoms with E-state index in [-0.39, 0.29) is 18.5 Å². The maximum absolute atomic E-state index is 12.1. The number of amides is 1. The van der Waals surface area contributed by atoms with Crippen LogP contribution in [0.5, 0.6) is 0 Å². The van der Waals surface area contributed by atoms with Crippen molar-refractivity contribution < 1.29 is 4.79 Å². The molecule has 1 saturated heterocycles. The summed E-state index contributed by atoms with van der Waals surface area (Å²) >= 11 is 0. The monoisotopic (exact) mass is 511 g/mol. The number of hydrogen-bond acceptors (Lipinski definition) is 6. The molecule has 0 radical (unpaired) electrons. The Morgan fingerprint density at radius 1 is 1.05 bits per heavy atom. The summed E-state index contributed by atoms with van der Waals surface area (Å²) in [6, 6.07) is 14.8. The number of fused-ring (bicyclic) bond motifs is 4. The quantitative estimate of drug-likeness (QED) is 0.359. The van der Waals surface area contributed by atoms with Crippen molar-refractivity contribution in [2.75, 3.05) is 39.3 Å². The fraction of sp³-hybridized carbons (Fsp3) is 0.433. The second kappa shape index (κ2) is 11.2. The minimum Gasteiger partial charge on any atom is -0.368 e. The summed E-state index contributed by atoms with van der Waals surface area (Å²) < 4.78 is 2.06. The van der Waals surface area contributed by atoms with Gasteiger partial charge in [0.2, 0.25) is 5.91 Å². The number of piperazine rings is 1. The number of nitrogens with two attached hydrogens (primary N) is 1. The molecule has 38 heavy (non-hydrogen) atoms. The Morgan fingerprint density at radius 2 is 1.92 bits per heavy atom. The summed E-state index contributed by atoms with van der Waals surface area (Å²) in [5, 5.41) is 5.70. The van der Waals surface area contributed by atoms with Crippen LogP contribution in [0.3, 0.4) is 0 Å². The van der Waals surface area contributed by atoms with Crippen LogP contribution < -0.4 is 11.1 Å². The molecule has 1 aromatic carbocycles. The Hall–Kier alpha value is -3.33. The van der Waals surface area contributed by atoms with Crippen LogP contribution in [-0.4, -0.2) is 69.5 Å². The summed E-state index contributed by atoms with van der Waals surface area (Å²) in [7, 11) is 0. The van der Waals surface area contributed by atoms with Crippen LogP contribution in [0, 0.1) is 0 Å². The zero-order valence-electron chi connectivity index (χ0n) is 22.0. The number of carbonyl (C=O) groups excluding carboxylic acids is 1. The minimum atomic E-state index is -0.347. The van der Waals surface area contributed by atoms with Gasteiger partial charge in [0.25, 0.3) is 0 Å². The zero-order chi connectivity index (χ0) is 25.9. The van der Waals surface area contributed by atoms with Crippen molar-refractivity contribution in [1.29, 1.82) is 0 Å². The number of carbonyl (C=O) groups is 1. The largest absolute Gasteiger partial charge is 0.368 e. The first-order chi connectivity index (χ1) is 18.7. The number of nitrogens with zero attached hydrogens (tertiary/aromatic N) is 5. The standard InChI is InChI=1S/C30H37N7O/c31-28(38)21-37-26-9-2-1-8-23(26)24-11-13-33-25(30(24)37)20-36(17-5-16-35-18-14-32-15-19-35)27-10-3-6-22-7-4-12-34-29(22)27/h1-2,4,7-9,11-13,27,32H,3,5-6,10,14-21H2,(H2,31,38)/t27-/m0/s1. The van der Waals surface area contributed by atoms with Gasteiger partial charge in [-0.05, 0) is 56.0 Å². The average molecular weight is 512 g/mol. The molecule has 3 N–H and O–H groups in total. The third kappa shape index (κ3) is 5.04. The number of nitrogens with one attached hydrogen (secondary N) is 1. The number of aromatic nitrogens is 3. The van der Waals surface area contributed by atoms with Crippen LogP contribution >= 0.6 is 0 Å². The van der Waals surface area contributed by atoms with Gasteiger partial charge in [0.15, 0.2) is 0 Å². The molecule has 0 bridgehead atoms. The molecule has 1 amide bonds. The number of pyridine rings is 2. The summed E-state index contributed by atoms with van der Waals surface area (Å²) in [6.07, 6.45) is 8.29. The fourth-order valence-electron chi connectivity index (χ4n) is 6.42. The van der Waals surface area contributed by atoms with E-state index in [9.17, 15) is 4.79 Å². The molecular formula is C30H37N7O. The predicted molar refractivity (Wildman–Crippen MR) is 151 cm³/mol. The van der Waals surface area contributed by atoms with E-state index in [2.05, 4.69) is 50.0 Å². The first-order valence-electron chi connectivity index (χ1n) is 13.9. The average Bonchev–Trinajstić information content (AvgIpc) is 3.26. The third-order valence-electron chi connectivity index (χ3n) is 8.16. The molecule has 3 aromatic heterocycles. The molecule has 198 valence electrons. The molecule has 4 heterocycles. The summed E-state index contributed by atoms with van der Waals surface area (Å²) in [6.45, 7) is 7.27. The van der Waals surface area contributed by atoms with Gasteiger partial charge >= 0.3 is 0 Å². The molecule has 2 aliphatic rings. The van der Waals surface area contributed by atoms with Gasteiger partial charge in [-0.2, -0.15) is 0 Å². The van der Waals surface area contributed by atoms with E-state index in [0.717, 1.165) is 92.5 Å². The van der Waals surface area contributed by atoms with Gasteiger partial charge in [0.05, 0.1) is 22.9 Å². The highest BCUT2D eigenvalue weighted by Crippen LogP contribution is 2.36. The molecule has 0 unspecified atom stereocenters. The van der Waals surface area contributed by atoms with Crippen LogP contribution in [0.25, 0.3) is 21.8 Å². The van der Waals surface area contributed by atoms with E-state index in [1.54, 1.807) is 0 Å². The van der Waals surface area contributed by atoms with Crippen molar-refractivity contribution in [3.63, 3.8) is 0 Å². The number of hydrogen-bond donors (Lipinski definition) is 2. The maximum atomic E-state index is 12.1. The second-order valence-electron chi connectivity index (χ2n) is 10.6. The number of primary amides is 1. The molecule has 1 aliphatic carbocycles. The zero-order valence-corrected chi connectivity index (χ0v) is 22.0. The van der Waals surface area contributed by atoms with Crippen molar-refractivity contribution >= 4 is 27.7 Å². The molecule has 1 aliphatic heterocycles. The van der Waals surface area contributed by atoms with Crippen molar-refractivity contribution in [2.24, 2.45) is 5.73 Å². The van der Waals surface area contributed by atoms with Crippen molar-refractivity contribution in [3.05, 3.63) is 71.8 Å². The lowest BCUT2D eigenvalue weighted by Gasteiger charge is -2.36. The van der Waals surface area contributed by atoms with E-state index >= 15 is 0 Å². The number of rotatable bonds is 9. The van der Waals surface area contributed by atoms with Gasteiger partial charge in [-0.1, -0.05) is 24.3 Å². The Morgan fingerprint density at radius 3 is 2.79 bits per heavy atom. The number of aryl methyl sites for hydroxylation is 1. The molecule has 1 fully saturated rings. The molecule has 4 aromatic rings. The van der Waals surface area contributed by atoms with Gasteiger partial charge in [-0.3, -0.25) is 19.7 Å². The SMILES string of the molecule is NC(=O)Cn1c2ccccc2c2ccnc(CN(CCCN3CCNCC3)[C@H]3CCCc4cccnc43)c21. The summed E-state index contributed by atoms with van der Waals surface area (Å²) in [5.74, 6) is -0.347. The van der Waals surface area contributed by atoms with Gasteiger partial charge in [-0.15, -0.1) is 0 Å². The molecule has 8 heteroatoms. The third-order valence-corrected chi connectivity index (χ3v) is 8.16. The van der Waals surface area contributed by atoms with Crippen molar-refractivity contribution in [3.8, 4) is 0 Å². The van der Waals surface area contributed by atoms with E-state index in [4.69, 9.17) is 15.7 Å². The topological polar surface area (TPSA) is 92.3 Å². The lowest BCUT2D eigenvalue weighted by Crippen LogP contribution is -2.44. The summed E-state index contributed by atoms with van der Waals surface area (Å²) in [4.78, 5) is 27.0. The normalized spacial score (nSPS) is 18.3. The molecular weight excluding hydrogens is 474 g/mol. The van der Waals surface area contributed by atoms with E-state index < -0.39 is 0 Å². The highest BCUT2D eigenvalue weighted by molar-refractivity contribution is 6.09. The molecule has 6 rings (SSSR count). The Kier molecular flexibility index (Phi) is 7.35. The highest BCUT2D eigenvalue weighted by atomic mass is 16.1. The van der Waals surface area contributed by atoms with Crippen LogP contribution in [0.15, 0.2) is 54.9 Å². The lowest BCUT2D eigenvalue weighted by molar-refractivity contribution is -0.118. The Balaban J connectivity index is 1.37. The number of para-hydroxylation sites is 1. The fourth-order valence-corrected chi connectivity index (χ4v) is 6.42. The Bertz CT molecular complexity index is 1420. The van der Waals surface area contributed by atoms with Crippen LogP contribution in [-0.2, 0) is 24.3 Å². The van der Waals surface area contributed by atoms with Gasteiger partial charge in [0.1, 0.15) is 6.54 Å². The van der Waals surface area contributed by atoms with Gasteiger partial charge in [-0.25, -0.2) is 0 Å². The van der Waals surface area contributed by atoms with Crippen LogP contribution in [0.4, 0.5) is 0 Å². The predicted octanol–water partition coefficient (Wildman–Crippen LogP) is 3.24. The lowest BCUT2D eigenvalue weighted by atomic mass is 9.90. The maximum Gasteiger partial charge on any atom is 0.237 e. The van der Waals surface area contributed by atoms with E-state index in [1.807, 2.05) is 24.5 Å². The second-order valence-corrected chi connectivity index (χ2v) is 10.6. The molecule has 0 saturated carbocycles. The van der Waals surface area contributed by atoms with Gasteiger partial charge < -0.3 is 20.5 Å². The first kappa shape index (κ1) is 25.0. The summed E-state index contributed by atoms with van der Waals surface area (Å²) in [5.41, 5.74) is 11.3. The highest BCUT2D eigenvalue weighted by Gasteiger charge is 2.28. The van der Waals surface area contributed by atoms with E-state index in [1.165, 1.54) is 11.3 Å². The first-order valence-corrected chi connectivity index (χ1v) is 13.9. The molecule has 0 spiro atoms. The Labute approximate surface area is 223 Å². The smallest absolute Gasteiger partial charge is 0.237 e. The van der Waals surface area contributed by atoms with Crippen molar-refractivity contribution in [2.45, 2.75) is 44.8 Å². The van der Waals surface area contributed by atoms with E-state index in [0.29, 0.717) is 6.54 Å². The van der Waals surface area contributed by atoms with Crippen LogP contribution in [0.2, 0.25) is 0 Å². The van der Waals surface area contributed by atoms with Gasteiger partial charge in [0, 0.05) is 68.0 Å². The minimum absolute atomic E-state index is 0.138. The molecule has 8 nitrogen and oxygen atoms in total. The van der Waals surface area contributed by atoms with Crippen molar-refractivity contribution in [1.82, 2.24) is 29.7 Å². The molecule has 1 atom stereocenters. The van der Waals surface area contributed by atoms with Crippen LogP contribution in [0.1, 0.15) is 42.3 Å².